The van der Waals surface area contributed by atoms with Crippen LogP contribution in [0.15, 0.2) is 24.5 Å². The van der Waals surface area contributed by atoms with Gasteiger partial charge in [-0.1, -0.05) is 6.92 Å². The summed E-state index contributed by atoms with van der Waals surface area (Å²) in [5, 5.41) is 5.91. The lowest BCUT2D eigenvalue weighted by Gasteiger charge is -2.15. The molecule has 1 saturated carbocycles. The van der Waals surface area contributed by atoms with Gasteiger partial charge >= 0.3 is 0 Å². The molecule has 9 heteroatoms. The number of hydrogen-bond donors (Lipinski definition) is 4. The molecule has 0 spiro atoms. The Kier molecular flexibility index (Phi) is 4.97. The molecule has 6 N–H and O–H groups in total. The SMILES string of the molecule is CC[C@@H](Nc1cnc(C(N)=O)c(Nc2ccc(C3CC3)nc2)n1)C(N)=O. The summed E-state index contributed by atoms with van der Waals surface area (Å²) in [5.41, 5.74) is 12.4. The molecule has 9 nitrogen and oxygen atoms in total. The van der Waals surface area contributed by atoms with Crippen LogP contribution in [-0.4, -0.2) is 32.8 Å². The highest BCUT2D eigenvalue weighted by Gasteiger charge is 2.24. The van der Waals surface area contributed by atoms with E-state index in [9.17, 15) is 9.59 Å². The molecule has 0 aromatic carbocycles. The van der Waals surface area contributed by atoms with Crippen LogP contribution < -0.4 is 22.1 Å². The van der Waals surface area contributed by atoms with Crippen LogP contribution >= 0.6 is 0 Å². The van der Waals surface area contributed by atoms with Gasteiger partial charge in [0.2, 0.25) is 5.91 Å². The molecule has 26 heavy (non-hydrogen) atoms. The van der Waals surface area contributed by atoms with Crippen molar-refractivity contribution in [2.24, 2.45) is 11.5 Å². The summed E-state index contributed by atoms with van der Waals surface area (Å²) in [6, 6.07) is 3.22. The Morgan fingerprint density at radius 1 is 1.23 bits per heavy atom. The van der Waals surface area contributed by atoms with E-state index in [1.54, 1.807) is 6.20 Å². The number of rotatable bonds is 8. The molecule has 1 aliphatic rings. The van der Waals surface area contributed by atoms with Crippen molar-refractivity contribution < 1.29 is 9.59 Å². The molecular formula is C17H21N7O2. The van der Waals surface area contributed by atoms with Gasteiger partial charge in [0, 0.05) is 11.6 Å². The van der Waals surface area contributed by atoms with Crippen LogP contribution in [0.4, 0.5) is 17.3 Å². The Labute approximate surface area is 150 Å². The number of pyridine rings is 1. The highest BCUT2D eigenvalue weighted by Crippen LogP contribution is 2.39. The van der Waals surface area contributed by atoms with Crippen molar-refractivity contribution in [1.29, 1.82) is 0 Å². The number of anilines is 3. The van der Waals surface area contributed by atoms with Crippen molar-refractivity contribution in [3.05, 3.63) is 35.9 Å². The second-order valence-corrected chi connectivity index (χ2v) is 6.20. The van der Waals surface area contributed by atoms with Crippen LogP contribution in [0.2, 0.25) is 0 Å². The first-order valence-electron chi connectivity index (χ1n) is 8.43. The van der Waals surface area contributed by atoms with Crippen molar-refractivity contribution in [1.82, 2.24) is 15.0 Å². The normalized spacial score (nSPS) is 14.5. The first-order valence-corrected chi connectivity index (χ1v) is 8.43. The lowest BCUT2D eigenvalue weighted by Crippen LogP contribution is -2.35. The molecule has 2 aromatic rings. The van der Waals surface area contributed by atoms with E-state index < -0.39 is 17.9 Å². The number of nitrogens with two attached hydrogens (primary N) is 2. The van der Waals surface area contributed by atoms with E-state index in [0.717, 1.165) is 5.69 Å². The molecule has 2 heterocycles. The van der Waals surface area contributed by atoms with Gasteiger partial charge in [0.1, 0.15) is 11.9 Å². The predicted octanol–water partition coefficient (Wildman–Crippen LogP) is 1.27. The molecule has 2 amide bonds. The smallest absolute Gasteiger partial charge is 0.271 e. The Morgan fingerprint density at radius 2 is 2.00 bits per heavy atom. The number of aromatic nitrogens is 3. The standard InChI is InChI=1S/C17H21N7O2/c1-2-11(15(18)25)23-13-8-21-14(16(19)26)17(24-13)22-10-5-6-12(20-7-10)9-3-4-9/h5-9,11H,2-4H2,1H3,(H2,18,25)(H2,19,26)(H2,22,23,24)/t11-/m1/s1. The molecule has 0 aliphatic heterocycles. The summed E-state index contributed by atoms with van der Waals surface area (Å²) in [6.45, 7) is 1.82. The van der Waals surface area contributed by atoms with Gasteiger partial charge in [-0.3, -0.25) is 14.6 Å². The topological polar surface area (TPSA) is 149 Å². The van der Waals surface area contributed by atoms with Gasteiger partial charge in [0.05, 0.1) is 18.1 Å². The summed E-state index contributed by atoms with van der Waals surface area (Å²) in [4.78, 5) is 35.8. The van der Waals surface area contributed by atoms with Crippen molar-refractivity contribution in [2.75, 3.05) is 10.6 Å². The lowest BCUT2D eigenvalue weighted by atomic mass is 10.2. The molecule has 0 saturated heterocycles. The van der Waals surface area contributed by atoms with Gasteiger partial charge in [0.15, 0.2) is 11.5 Å². The second kappa shape index (κ2) is 7.34. The number of hydrogen-bond acceptors (Lipinski definition) is 7. The molecule has 0 radical (unpaired) electrons. The number of carbonyl (C=O) groups excluding carboxylic acids is 2. The quantitative estimate of drug-likeness (QED) is 0.557. The zero-order valence-corrected chi connectivity index (χ0v) is 14.4. The Balaban J connectivity index is 1.83. The van der Waals surface area contributed by atoms with Crippen LogP contribution in [-0.2, 0) is 4.79 Å². The molecule has 0 unspecified atom stereocenters. The fourth-order valence-corrected chi connectivity index (χ4v) is 2.52. The molecule has 3 rings (SSSR count). The Morgan fingerprint density at radius 3 is 2.54 bits per heavy atom. The van der Waals surface area contributed by atoms with Crippen LogP contribution in [0.1, 0.15) is 48.3 Å². The molecule has 1 atom stereocenters. The van der Waals surface area contributed by atoms with Gasteiger partial charge in [-0.25, -0.2) is 9.97 Å². The monoisotopic (exact) mass is 355 g/mol. The second-order valence-electron chi connectivity index (χ2n) is 6.20. The summed E-state index contributed by atoms with van der Waals surface area (Å²) in [6.07, 6.45) is 5.85. The minimum Gasteiger partial charge on any atom is -0.368 e. The van der Waals surface area contributed by atoms with Gasteiger partial charge in [-0.2, -0.15) is 0 Å². The van der Waals surface area contributed by atoms with Gasteiger partial charge in [-0.15, -0.1) is 0 Å². The molecule has 2 aromatic heterocycles. The van der Waals surface area contributed by atoms with Crippen LogP contribution in [0.5, 0.6) is 0 Å². The van der Waals surface area contributed by atoms with Crippen molar-refractivity contribution in [3.8, 4) is 0 Å². The summed E-state index contributed by atoms with van der Waals surface area (Å²) >= 11 is 0. The van der Waals surface area contributed by atoms with Gasteiger partial charge in [0.25, 0.3) is 5.91 Å². The van der Waals surface area contributed by atoms with Crippen LogP contribution in [0.25, 0.3) is 0 Å². The molecule has 136 valence electrons. The van der Waals surface area contributed by atoms with Crippen molar-refractivity contribution >= 4 is 29.1 Å². The number of primary amides is 2. The third-order valence-corrected chi connectivity index (χ3v) is 4.12. The van der Waals surface area contributed by atoms with Crippen molar-refractivity contribution in [3.63, 3.8) is 0 Å². The highest BCUT2D eigenvalue weighted by molar-refractivity contribution is 5.96. The molecule has 1 fully saturated rings. The third kappa shape index (κ3) is 4.05. The first-order chi connectivity index (χ1) is 12.5. The molecular weight excluding hydrogens is 334 g/mol. The van der Waals surface area contributed by atoms with Gasteiger partial charge < -0.3 is 22.1 Å². The van der Waals surface area contributed by atoms with Crippen LogP contribution in [0, 0.1) is 0 Å². The predicted molar refractivity (Wildman–Crippen MR) is 96.9 cm³/mol. The minimum atomic E-state index is -0.712. The highest BCUT2D eigenvalue weighted by atomic mass is 16.1. The summed E-state index contributed by atoms with van der Waals surface area (Å²) in [7, 11) is 0. The Bertz CT molecular complexity index is 818. The zero-order valence-electron chi connectivity index (χ0n) is 14.4. The van der Waals surface area contributed by atoms with Gasteiger partial charge in [-0.05, 0) is 31.4 Å². The van der Waals surface area contributed by atoms with Crippen LogP contribution in [0.3, 0.4) is 0 Å². The number of carbonyl (C=O) groups is 2. The van der Waals surface area contributed by atoms with E-state index in [1.807, 2.05) is 19.1 Å². The van der Waals surface area contributed by atoms with E-state index in [1.165, 1.54) is 19.0 Å². The minimum absolute atomic E-state index is 0.00561. The fraction of sp³-hybridized carbons (Fsp3) is 0.353. The molecule has 1 aliphatic carbocycles. The number of amides is 2. The fourth-order valence-electron chi connectivity index (χ4n) is 2.52. The third-order valence-electron chi connectivity index (χ3n) is 4.12. The average molecular weight is 355 g/mol. The largest absolute Gasteiger partial charge is 0.368 e. The van der Waals surface area contributed by atoms with E-state index in [2.05, 4.69) is 25.6 Å². The first kappa shape index (κ1) is 17.6. The summed E-state index contributed by atoms with van der Waals surface area (Å²) in [5.74, 6) is -0.162. The van der Waals surface area contributed by atoms with E-state index >= 15 is 0 Å². The van der Waals surface area contributed by atoms with E-state index in [-0.39, 0.29) is 11.5 Å². The number of nitrogens with zero attached hydrogens (tertiary/aromatic N) is 3. The number of nitrogens with one attached hydrogen (secondary N) is 2. The average Bonchev–Trinajstić information content (AvgIpc) is 3.45. The Hall–Kier alpha value is -3.23. The zero-order chi connectivity index (χ0) is 18.7. The van der Waals surface area contributed by atoms with E-state index in [4.69, 9.17) is 11.5 Å². The lowest BCUT2D eigenvalue weighted by molar-refractivity contribution is -0.118. The van der Waals surface area contributed by atoms with Crippen molar-refractivity contribution in [2.45, 2.75) is 38.1 Å². The summed E-state index contributed by atoms with van der Waals surface area (Å²) < 4.78 is 0. The maximum atomic E-state index is 11.6. The maximum Gasteiger partial charge on any atom is 0.271 e. The van der Waals surface area contributed by atoms with E-state index in [0.29, 0.717) is 23.8 Å². The maximum absolute atomic E-state index is 11.6. The molecule has 0 bridgehead atoms.